The maximum Gasteiger partial charge on any atom is 0.248 e. The summed E-state index contributed by atoms with van der Waals surface area (Å²) in [5.74, 6) is 0.0940. The Morgan fingerprint density at radius 1 is 1.53 bits per heavy atom. The fourth-order valence-electron chi connectivity index (χ4n) is 1.52. The molecule has 0 saturated heterocycles. The molecule has 1 aliphatic rings. The molecule has 0 aromatic rings. The summed E-state index contributed by atoms with van der Waals surface area (Å²) in [6.45, 7) is 8.91. The molecular weight excluding hydrogens is 188 g/mol. The van der Waals surface area contributed by atoms with Crippen molar-refractivity contribution in [1.82, 2.24) is 10.2 Å². The molecule has 0 aromatic heterocycles. The quantitative estimate of drug-likeness (QED) is 0.747. The zero-order valence-electron chi connectivity index (χ0n) is 10.3. The summed E-state index contributed by atoms with van der Waals surface area (Å²) in [6.07, 6.45) is 3.03. The third-order valence-electron chi connectivity index (χ3n) is 2.41. The Labute approximate surface area is 92.5 Å². The van der Waals surface area contributed by atoms with Crippen LogP contribution in [0.1, 0.15) is 27.2 Å². The summed E-state index contributed by atoms with van der Waals surface area (Å²) in [6, 6.07) is 0. The number of rotatable bonds is 2. The fraction of sp³-hybridized carbons (Fsp3) is 0.750. The molecule has 1 amide bonds. The fourth-order valence-corrected chi connectivity index (χ4v) is 1.52. The number of likely N-dealkylation sites (N-methyl/N-ethyl adjacent to an activating group) is 1. The van der Waals surface area contributed by atoms with Gasteiger partial charge >= 0.3 is 0 Å². The van der Waals surface area contributed by atoms with Crippen molar-refractivity contribution in [2.75, 3.05) is 26.7 Å². The Hall–Kier alpha value is -0.830. The molecule has 0 aromatic carbocycles. The first-order chi connectivity index (χ1) is 6.88. The Bertz CT molecular complexity index is 263. The molecule has 0 atom stereocenters. The van der Waals surface area contributed by atoms with Gasteiger partial charge in [-0.3, -0.25) is 4.79 Å². The highest BCUT2D eigenvalue weighted by molar-refractivity contribution is 5.93. The van der Waals surface area contributed by atoms with Crippen LogP contribution in [0.15, 0.2) is 11.6 Å². The van der Waals surface area contributed by atoms with E-state index in [1.165, 1.54) is 0 Å². The molecular formula is C12H22N2O. The van der Waals surface area contributed by atoms with Crippen LogP contribution in [0.4, 0.5) is 0 Å². The second kappa shape index (κ2) is 4.79. The van der Waals surface area contributed by atoms with Gasteiger partial charge in [0.15, 0.2) is 0 Å². The van der Waals surface area contributed by atoms with Crippen LogP contribution in [0.5, 0.6) is 0 Å². The van der Waals surface area contributed by atoms with E-state index in [0.29, 0.717) is 0 Å². The lowest BCUT2D eigenvalue weighted by Gasteiger charge is -2.24. The molecule has 0 fully saturated rings. The summed E-state index contributed by atoms with van der Waals surface area (Å²) in [5.41, 5.74) is 1.06. The monoisotopic (exact) mass is 210 g/mol. The van der Waals surface area contributed by atoms with Gasteiger partial charge in [-0.15, -0.1) is 0 Å². The van der Waals surface area contributed by atoms with Crippen molar-refractivity contribution in [1.29, 1.82) is 0 Å². The van der Waals surface area contributed by atoms with Crippen molar-refractivity contribution in [2.45, 2.75) is 27.2 Å². The number of carbonyl (C=O) groups excluding carboxylic acids is 1. The van der Waals surface area contributed by atoms with E-state index >= 15 is 0 Å². The third kappa shape index (κ3) is 4.47. The summed E-state index contributed by atoms with van der Waals surface area (Å²) in [5, 5.41) is 2.98. The minimum atomic E-state index is 0.0940. The van der Waals surface area contributed by atoms with Gasteiger partial charge in [0.2, 0.25) is 5.91 Å². The maximum atomic E-state index is 11.8. The predicted octanol–water partition coefficient (Wildman–Crippen LogP) is 1.41. The van der Waals surface area contributed by atoms with Crippen LogP contribution < -0.4 is 5.32 Å². The topological polar surface area (TPSA) is 32.3 Å². The smallest absolute Gasteiger partial charge is 0.248 e. The van der Waals surface area contributed by atoms with Crippen molar-refractivity contribution in [3.8, 4) is 0 Å². The number of amides is 1. The average molecular weight is 210 g/mol. The van der Waals surface area contributed by atoms with E-state index in [4.69, 9.17) is 0 Å². The lowest BCUT2D eigenvalue weighted by Crippen LogP contribution is -2.37. The molecule has 3 nitrogen and oxygen atoms in total. The van der Waals surface area contributed by atoms with Crippen molar-refractivity contribution in [3.63, 3.8) is 0 Å². The molecule has 1 rings (SSSR count). The van der Waals surface area contributed by atoms with Gasteiger partial charge < -0.3 is 10.2 Å². The Balaban J connectivity index is 2.44. The van der Waals surface area contributed by atoms with Crippen LogP contribution in [-0.2, 0) is 4.79 Å². The molecule has 3 heteroatoms. The number of nitrogens with one attached hydrogen (secondary N) is 1. The minimum absolute atomic E-state index is 0.0940. The molecule has 1 aliphatic heterocycles. The SMILES string of the molecule is CN1CCC=C(C(=O)NCC(C)(C)C)C1. The summed E-state index contributed by atoms with van der Waals surface area (Å²) in [4.78, 5) is 14.0. The van der Waals surface area contributed by atoms with Crippen LogP contribution >= 0.6 is 0 Å². The van der Waals surface area contributed by atoms with E-state index in [0.717, 1.165) is 31.6 Å². The molecule has 0 unspecified atom stereocenters. The number of hydrogen-bond donors (Lipinski definition) is 1. The van der Waals surface area contributed by atoms with Crippen LogP contribution in [0.25, 0.3) is 0 Å². The van der Waals surface area contributed by atoms with Gasteiger partial charge in [0.05, 0.1) is 0 Å². The van der Waals surface area contributed by atoms with Gasteiger partial charge in [-0.2, -0.15) is 0 Å². The van der Waals surface area contributed by atoms with E-state index in [-0.39, 0.29) is 11.3 Å². The first-order valence-electron chi connectivity index (χ1n) is 5.54. The highest BCUT2D eigenvalue weighted by Crippen LogP contribution is 2.12. The lowest BCUT2D eigenvalue weighted by atomic mass is 9.97. The average Bonchev–Trinajstić information content (AvgIpc) is 2.13. The number of carbonyl (C=O) groups is 1. The van der Waals surface area contributed by atoms with E-state index in [9.17, 15) is 4.79 Å². The minimum Gasteiger partial charge on any atom is -0.352 e. The van der Waals surface area contributed by atoms with E-state index < -0.39 is 0 Å². The molecule has 0 spiro atoms. The Morgan fingerprint density at radius 2 is 2.20 bits per heavy atom. The molecule has 0 saturated carbocycles. The standard InChI is InChI=1S/C12H22N2O/c1-12(2,3)9-13-11(15)10-6-5-7-14(4)8-10/h6H,5,7-9H2,1-4H3,(H,13,15). The second-order valence-electron chi connectivity index (χ2n) is 5.50. The van der Waals surface area contributed by atoms with Crippen LogP contribution in [0.3, 0.4) is 0 Å². The molecule has 15 heavy (non-hydrogen) atoms. The first-order valence-corrected chi connectivity index (χ1v) is 5.54. The normalized spacial score (nSPS) is 18.5. The van der Waals surface area contributed by atoms with Crippen LogP contribution in [0, 0.1) is 5.41 Å². The second-order valence-corrected chi connectivity index (χ2v) is 5.50. The Morgan fingerprint density at radius 3 is 2.73 bits per heavy atom. The molecule has 0 radical (unpaired) electrons. The van der Waals surface area contributed by atoms with Crippen molar-refractivity contribution in [2.24, 2.45) is 5.41 Å². The maximum absolute atomic E-state index is 11.8. The van der Waals surface area contributed by atoms with Crippen molar-refractivity contribution in [3.05, 3.63) is 11.6 Å². The van der Waals surface area contributed by atoms with Gasteiger partial charge in [0.25, 0.3) is 0 Å². The van der Waals surface area contributed by atoms with Crippen molar-refractivity contribution < 1.29 is 4.79 Å². The molecule has 86 valence electrons. The summed E-state index contributed by atoms with van der Waals surface area (Å²) in [7, 11) is 2.05. The van der Waals surface area contributed by atoms with E-state index in [1.807, 2.05) is 7.05 Å². The number of nitrogens with zero attached hydrogens (tertiary/aromatic N) is 1. The molecule has 1 heterocycles. The third-order valence-corrected chi connectivity index (χ3v) is 2.41. The van der Waals surface area contributed by atoms with Crippen molar-refractivity contribution >= 4 is 5.91 Å². The van der Waals surface area contributed by atoms with Gasteiger partial charge in [-0.1, -0.05) is 26.8 Å². The first kappa shape index (κ1) is 12.2. The zero-order chi connectivity index (χ0) is 11.5. The predicted molar refractivity (Wildman–Crippen MR) is 62.7 cm³/mol. The molecule has 0 bridgehead atoms. The van der Waals surface area contributed by atoms with Gasteiger partial charge in [0, 0.05) is 25.2 Å². The Kier molecular flexibility index (Phi) is 3.91. The van der Waals surface area contributed by atoms with Crippen LogP contribution in [-0.4, -0.2) is 37.5 Å². The summed E-state index contributed by atoms with van der Waals surface area (Å²) < 4.78 is 0. The highest BCUT2D eigenvalue weighted by atomic mass is 16.1. The lowest BCUT2D eigenvalue weighted by molar-refractivity contribution is -0.118. The zero-order valence-corrected chi connectivity index (χ0v) is 10.3. The van der Waals surface area contributed by atoms with Gasteiger partial charge in [-0.25, -0.2) is 0 Å². The molecule has 0 aliphatic carbocycles. The number of hydrogen-bond acceptors (Lipinski definition) is 2. The summed E-state index contributed by atoms with van der Waals surface area (Å²) >= 11 is 0. The van der Waals surface area contributed by atoms with Gasteiger partial charge in [-0.05, 0) is 18.9 Å². The highest BCUT2D eigenvalue weighted by Gasteiger charge is 2.17. The molecule has 1 N–H and O–H groups in total. The van der Waals surface area contributed by atoms with Crippen LogP contribution in [0.2, 0.25) is 0 Å². The van der Waals surface area contributed by atoms with E-state index in [1.54, 1.807) is 0 Å². The van der Waals surface area contributed by atoms with Gasteiger partial charge in [0.1, 0.15) is 0 Å². The van der Waals surface area contributed by atoms with E-state index in [2.05, 4.69) is 37.1 Å². The largest absolute Gasteiger partial charge is 0.352 e.